The number of benzene rings is 1. The van der Waals surface area contributed by atoms with E-state index in [1.807, 2.05) is 13.0 Å². The zero-order chi connectivity index (χ0) is 15.0. The van der Waals surface area contributed by atoms with Crippen molar-refractivity contribution in [1.29, 1.82) is 5.26 Å². The van der Waals surface area contributed by atoms with Crippen molar-refractivity contribution in [2.24, 2.45) is 5.92 Å². The fourth-order valence-corrected chi connectivity index (χ4v) is 1.55. The smallest absolute Gasteiger partial charge is 0.224 e. The van der Waals surface area contributed by atoms with E-state index < -0.39 is 0 Å². The summed E-state index contributed by atoms with van der Waals surface area (Å²) in [6.45, 7) is 6.87. The maximum absolute atomic E-state index is 11.7. The van der Waals surface area contributed by atoms with E-state index in [0.29, 0.717) is 36.6 Å². The van der Waals surface area contributed by atoms with Gasteiger partial charge in [0.15, 0.2) is 0 Å². The van der Waals surface area contributed by atoms with Crippen LogP contribution < -0.4 is 5.32 Å². The molecule has 0 saturated heterocycles. The number of nitrogens with zero attached hydrogens (tertiary/aromatic N) is 1. The SMILES string of the molecule is CC(C)C(C)OCCCC(=O)Nc1ccc(C#N)cc1. The summed E-state index contributed by atoms with van der Waals surface area (Å²) in [7, 11) is 0. The number of carbonyl (C=O) groups excluding carboxylic acids is 1. The second-order valence-electron chi connectivity index (χ2n) is 5.16. The first-order chi connectivity index (χ1) is 9.52. The van der Waals surface area contributed by atoms with Gasteiger partial charge >= 0.3 is 0 Å². The van der Waals surface area contributed by atoms with Gasteiger partial charge in [0.05, 0.1) is 17.7 Å². The molecule has 4 nitrogen and oxygen atoms in total. The fraction of sp³-hybridized carbons (Fsp3) is 0.500. The lowest BCUT2D eigenvalue weighted by atomic mass is 10.1. The van der Waals surface area contributed by atoms with E-state index in [-0.39, 0.29) is 12.0 Å². The van der Waals surface area contributed by atoms with E-state index >= 15 is 0 Å². The number of hydrogen-bond donors (Lipinski definition) is 1. The summed E-state index contributed by atoms with van der Waals surface area (Å²) in [5, 5.41) is 11.5. The highest BCUT2D eigenvalue weighted by Crippen LogP contribution is 2.10. The van der Waals surface area contributed by atoms with Crippen LogP contribution in [0.25, 0.3) is 0 Å². The van der Waals surface area contributed by atoms with Crippen LogP contribution in [-0.2, 0) is 9.53 Å². The Balaban J connectivity index is 2.25. The minimum atomic E-state index is -0.0319. The van der Waals surface area contributed by atoms with Gasteiger partial charge in [0, 0.05) is 18.7 Å². The van der Waals surface area contributed by atoms with Crippen LogP contribution in [0.15, 0.2) is 24.3 Å². The molecule has 1 amide bonds. The van der Waals surface area contributed by atoms with Crippen molar-refractivity contribution in [3.05, 3.63) is 29.8 Å². The molecular formula is C16H22N2O2. The van der Waals surface area contributed by atoms with E-state index in [1.54, 1.807) is 24.3 Å². The highest BCUT2D eigenvalue weighted by Gasteiger charge is 2.07. The minimum Gasteiger partial charge on any atom is -0.378 e. The Kier molecular flexibility index (Phi) is 6.75. The molecule has 1 N–H and O–H groups in total. The van der Waals surface area contributed by atoms with Gasteiger partial charge in [-0.25, -0.2) is 0 Å². The molecule has 20 heavy (non-hydrogen) atoms. The number of anilines is 1. The highest BCUT2D eigenvalue weighted by atomic mass is 16.5. The molecule has 0 fully saturated rings. The van der Waals surface area contributed by atoms with Gasteiger partial charge in [-0.15, -0.1) is 0 Å². The lowest BCUT2D eigenvalue weighted by molar-refractivity contribution is -0.116. The first-order valence-electron chi connectivity index (χ1n) is 6.94. The third-order valence-corrected chi connectivity index (χ3v) is 3.17. The Hall–Kier alpha value is -1.86. The van der Waals surface area contributed by atoms with Gasteiger partial charge < -0.3 is 10.1 Å². The number of hydrogen-bond acceptors (Lipinski definition) is 3. The van der Waals surface area contributed by atoms with E-state index in [0.717, 1.165) is 0 Å². The Morgan fingerprint density at radius 3 is 2.50 bits per heavy atom. The summed E-state index contributed by atoms with van der Waals surface area (Å²) in [6.07, 6.45) is 1.36. The second-order valence-corrected chi connectivity index (χ2v) is 5.16. The van der Waals surface area contributed by atoms with Crippen molar-refractivity contribution in [1.82, 2.24) is 0 Å². The second kappa shape index (κ2) is 8.34. The van der Waals surface area contributed by atoms with Gasteiger partial charge in [-0.2, -0.15) is 5.26 Å². The molecule has 0 aliphatic carbocycles. The molecule has 1 atom stereocenters. The van der Waals surface area contributed by atoms with Crippen LogP contribution in [-0.4, -0.2) is 18.6 Å². The van der Waals surface area contributed by atoms with Gasteiger partial charge in [-0.3, -0.25) is 4.79 Å². The third-order valence-electron chi connectivity index (χ3n) is 3.17. The van der Waals surface area contributed by atoms with Crippen LogP contribution in [0.2, 0.25) is 0 Å². The Bertz CT molecular complexity index is 460. The van der Waals surface area contributed by atoms with Crippen molar-refractivity contribution < 1.29 is 9.53 Å². The summed E-state index contributed by atoms with van der Waals surface area (Å²) < 4.78 is 5.62. The van der Waals surface area contributed by atoms with E-state index in [9.17, 15) is 4.79 Å². The number of rotatable bonds is 7. The monoisotopic (exact) mass is 274 g/mol. The molecule has 0 bridgehead atoms. The van der Waals surface area contributed by atoms with Crippen molar-refractivity contribution in [3.63, 3.8) is 0 Å². The number of amides is 1. The summed E-state index contributed by atoms with van der Waals surface area (Å²) in [5.74, 6) is 0.456. The van der Waals surface area contributed by atoms with E-state index in [2.05, 4.69) is 19.2 Å². The van der Waals surface area contributed by atoms with Crippen molar-refractivity contribution in [2.75, 3.05) is 11.9 Å². The number of nitriles is 1. The lowest BCUT2D eigenvalue weighted by Crippen LogP contribution is -2.17. The quantitative estimate of drug-likeness (QED) is 0.776. The van der Waals surface area contributed by atoms with Crippen molar-refractivity contribution >= 4 is 11.6 Å². The zero-order valence-corrected chi connectivity index (χ0v) is 12.3. The standard InChI is InChI=1S/C16H22N2O2/c1-12(2)13(3)20-10-4-5-16(19)18-15-8-6-14(11-17)7-9-15/h6-9,12-13H,4-5,10H2,1-3H3,(H,18,19). The summed E-state index contributed by atoms with van der Waals surface area (Å²) in [4.78, 5) is 11.7. The van der Waals surface area contributed by atoms with Gasteiger partial charge in [0.25, 0.3) is 0 Å². The number of carbonyl (C=O) groups is 1. The fourth-order valence-electron chi connectivity index (χ4n) is 1.55. The van der Waals surface area contributed by atoms with Gasteiger partial charge in [0.2, 0.25) is 5.91 Å². The predicted octanol–water partition coefficient (Wildman–Crippen LogP) is 3.34. The molecule has 1 aromatic carbocycles. The van der Waals surface area contributed by atoms with Crippen molar-refractivity contribution in [3.8, 4) is 6.07 Å². The Labute approximate surface area is 120 Å². The van der Waals surface area contributed by atoms with Crippen LogP contribution >= 0.6 is 0 Å². The molecule has 0 aliphatic rings. The lowest BCUT2D eigenvalue weighted by Gasteiger charge is -2.16. The van der Waals surface area contributed by atoms with Crippen LogP contribution in [0.1, 0.15) is 39.2 Å². The number of nitrogens with one attached hydrogen (secondary N) is 1. The van der Waals surface area contributed by atoms with Crippen LogP contribution in [0.5, 0.6) is 0 Å². The first-order valence-corrected chi connectivity index (χ1v) is 6.94. The highest BCUT2D eigenvalue weighted by molar-refractivity contribution is 5.90. The van der Waals surface area contributed by atoms with Gasteiger partial charge in [-0.1, -0.05) is 13.8 Å². The average molecular weight is 274 g/mol. The van der Waals surface area contributed by atoms with Crippen LogP contribution in [0.3, 0.4) is 0 Å². The number of ether oxygens (including phenoxy) is 1. The zero-order valence-electron chi connectivity index (χ0n) is 12.3. The van der Waals surface area contributed by atoms with Crippen molar-refractivity contribution in [2.45, 2.75) is 39.7 Å². The molecule has 0 saturated carbocycles. The molecule has 108 valence electrons. The minimum absolute atomic E-state index is 0.0319. The van der Waals surface area contributed by atoms with Gasteiger partial charge in [0.1, 0.15) is 0 Å². The molecular weight excluding hydrogens is 252 g/mol. The maximum Gasteiger partial charge on any atom is 0.224 e. The Morgan fingerprint density at radius 2 is 1.95 bits per heavy atom. The molecule has 1 aromatic rings. The van der Waals surface area contributed by atoms with E-state index in [4.69, 9.17) is 10.00 Å². The summed E-state index contributed by atoms with van der Waals surface area (Å²) >= 11 is 0. The Morgan fingerprint density at radius 1 is 1.30 bits per heavy atom. The van der Waals surface area contributed by atoms with E-state index in [1.165, 1.54) is 0 Å². The molecule has 4 heteroatoms. The maximum atomic E-state index is 11.7. The molecule has 1 unspecified atom stereocenters. The third kappa shape index (κ3) is 5.85. The molecule has 1 rings (SSSR count). The average Bonchev–Trinajstić information content (AvgIpc) is 2.44. The van der Waals surface area contributed by atoms with Crippen LogP contribution in [0, 0.1) is 17.2 Å². The topological polar surface area (TPSA) is 62.1 Å². The molecule has 0 spiro atoms. The normalized spacial score (nSPS) is 11.9. The molecule has 0 aliphatic heterocycles. The summed E-state index contributed by atoms with van der Waals surface area (Å²) in [5.41, 5.74) is 1.30. The van der Waals surface area contributed by atoms with Gasteiger partial charge in [-0.05, 0) is 43.5 Å². The largest absolute Gasteiger partial charge is 0.378 e. The first kappa shape index (κ1) is 16.2. The van der Waals surface area contributed by atoms with Crippen LogP contribution in [0.4, 0.5) is 5.69 Å². The predicted molar refractivity (Wildman–Crippen MR) is 79.3 cm³/mol. The molecule has 0 heterocycles. The molecule has 0 aromatic heterocycles. The summed E-state index contributed by atoms with van der Waals surface area (Å²) in [6, 6.07) is 8.87. The molecule has 0 radical (unpaired) electrons.